The van der Waals surface area contributed by atoms with Crippen molar-refractivity contribution in [2.45, 2.75) is 19.4 Å². The summed E-state index contributed by atoms with van der Waals surface area (Å²) in [6.45, 7) is 1.65. The second kappa shape index (κ2) is 8.11. The van der Waals surface area contributed by atoms with E-state index >= 15 is 0 Å². The number of anilines is 1. The number of hydrogen-bond donors (Lipinski definition) is 0. The topological polar surface area (TPSA) is 63.7 Å². The molecule has 3 rings (SSSR count). The second-order valence-corrected chi connectivity index (χ2v) is 7.07. The number of hydrogen-bond acceptors (Lipinski definition) is 4. The van der Waals surface area contributed by atoms with Gasteiger partial charge in [-0.05, 0) is 19.1 Å². The van der Waals surface area contributed by atoms with Gasteiger partial charge in [-0.1, -0.05) is 59.6 Å². The molecule has 0 saturated carbocycles. The van der Waals surface area contributed by atoms with Gasteiger partial charge in [-0.15, -0.1) is 0 Å². The van der Waals surface area contributed by atoms with E-state index < -0.39 is 18.0 Å². The summed E-state index contributed by atoms with van der Waals surface area (Å²) in [5.41, 5.74) is 0.922. The van der Waals surface area contributed by atoms with Crippen LogP contribution >= 0.6 is 23.2 Å². The van der Waals surface area contributed by atoms with E-state index in [1.165, 1.54) is 11.8 Å². The van der Waals surface area contributed by atoms with Crippen molar-refractivity contribution in [1.82, 2.24) is 0 Å². The lowest BCUT2D eigenvalue weighted by Crippen LogP contribution is -2.30. The van der Waals surface area contributed by atoms with Crippen LogP contribution < -0.4 is 4.90 Å². The lowest BCUT2D eigenvalue weighted by atomic mass is 10.1. The summed E-state index contributed by atoms with van der Waals surface area (Å²) in [5.74, 6) is -1.79. The van der Waals surface area contributed by atoms with E-state index in [1.807, 2.05) is 0 Å². The van der Waals surface area contributed by atoms with Gasteiger partial charge in [-0.3, -0.25) is 14.4 Å². The summed E-state index contributed by atoms with van der Waals surface area (Å²) in [6, 6.07) is 13.6. The molecule has 1 amide bonds. The molecule has 140 valence electrons. The van der Waals surface area contributed by atoms with Crippen LogP contribution in [0.5, 0.6) is 0 Å². The maximum absolute atomic E-state index is 12.5. The van der Waals surface area contributed by atoms with Gasteiger partial charge in [0.05, 0.1) is 21.7 Å². The molecule has 0 spiro atoms. The summed E-state index contributed by atoms with van der Waals surface area (Å²) >= 11 is 12.2. The minimum atomic E-state index is -0.932. The molecular formula is C20H17Cl2NO4. The van der Waals surface area contributed by atoms with E-state index in [0.717, 1.165) is 0 Å². The maximum Gasteiger partial charge on any atom is 0.312 e. The van der Waals surface area contributed by atoms with Crippen LogP contribution in [0.25, 0.3) is 0 Å². The molecule has 27 heavy (non-hydrogen) atoms. The highest BCUT2D eigenvalue weighted by Crippen LogP contribution is 2.36. The van der Waals surface area contributed by atoms with Crippen molar-refractivity contribution in [2.75, 3.05) is 11.4 Å². The molecule has 5 nitrogen and oxygen atoms in total. The van der Waals surface area contributed by atoms with Crippen molar-refractivity contribution >= 4 is 46.5 Å². The molecule has 0 aromatic heterocycles. The second-order valence-electron chi connectivity index (χ2n) is 6.29. The van der Waals surface area contributed by atoms with E-state index in [9.17, 15) is 14.4 Å². The third-order valence-corrected chi connectivity index (χ3v) is 5.21. The van der Waals surface area contributed by atoms with Gasteiger partial charge in [0.2, 0.25) is 11.7 Å². The lowest BCUT2D eigenvalue weighted by Gasteiger charge is -2.19. The number of ether oxygens (including phenoxy) is 1. The normalized spacial score (nSPS) is 17.7. The molecule has 2 atom stereocenters. The monoisotopic (exact) mass is 405 g/mol. The Balaban J connectivity index is 1.67. The quantitative estimate of drug-likeness (QED) is 0.553. The number of rotatable bonds is 5. The number of esters is 1. The molecule has 2 aromatic rings. The fourth-order valence-corrected chi connectivity index (χ4v) is 3.36. The molecule has 1 aliphatic rings. The van der Waals surface area contributed by atoms with Crippen LogP contribution in [0.1, 0.15) is 23.7 Å². The molecule has 1 saturated heterocycles. The van der Waals surface area contributed by atoms with Gasteiger partial charge in [-0.25, -0.2) is 0 Å². The Morgan fingerprint density at radius 2 is 1.81 bits per heavy atom. The van der Waals surface area contributed by atoms with Crippen LogP contribution in [0.15, 0.2) is 48.5 Å². The molecule has 1 heterocycles. The summed E-state index contributed by atoms with van der Waals surface area (Å²) in [7, 11) is 0. The van der Waals surface area contributed by atoms with Crippen molar-refractivity contribution < 1.29 is 19.1 Å². The van der Waals surface area contributed by atoms with Crippen LogP contribution in [0.2, 0.25) is 10.0 Å². The van der Waals surface area contributed by atoms with Crippen molar-refractivity contribution in [3.8, 4) is 0 Å². The number of benzene rings is 2. The number of Topliss-reactive ketones (excluding diaryl/α,β-unsaturated/α-hetero) is 1. The fourth-order valence-electron chi connectivity index (χ4n) is 2.96. The minimum Gasteiger partial charge on any atom is -0.454 e. The molecule has 0 radical (unpaired) electrons. The number of carbonyl (C=O) groups excluding carboxylic acids is 3. The molecule has 1 fully saturated rings. The summed E-state index contributed by atoms with van der Waals surface area (Å²) in [4.78, 5) is 38.6. The molecule has 0 bridgehead atoms. The van der Waals surface area contributed by atoms with Crippen LogP contribution in [0.3, 0.4) is 0 Å². The van der Waals surface area contributed by atoms with E-state index in [4.69, 9.17) is 27.9 Å². The summed E-state index contributed by atoms with van der Waals surface area (Å²) < 4.78 is 5.31. The highest BCUT2D eigenvalue weighted by Gasteiger charge is 2.38. The van der Waals surface area contributed by atoms with Crippen molar-refractivity contribution in [3.63, 3.8) is 0 Å². The number of halogens is 2. The first-order valence-corrected chi connectivity index (χ1v) is 9.18. The Hall–Kier alpha value is -2.37. The average molecular weight is 406 g/mol. The Bertz CT molecular complexity index is 885. The number of amides is 1. The minimum absolute atomic E-state index is 0.00603. The van der Waals surface area contributed by atoms with Gasteiger partial charge in [0.15, 0.2) is 6.10 Å². The van der Waals surface area contributed by atoms with Crippen LogP contribution in [0, 0.1) is 5.92 Å². The van der Waals surface area contributed by atoms with Crippen molar-refractivity contribution in [1.29, 1.82) is 0 Å². The first-order chi connectivity index (χ1) is 12.9. The first-order valence-electron chi connectivity index (χ1n) is 8.42. The molecular weight excluding hydrogens is 389 g/mol. The largest absolute Gasteiger partial charge is 0.454 e. The van der Waals surface area contributed by atoms with Gasteiger partial charge in [-0.2, -0.15) is 0 Å². The van der Waals surface area contributed by atoms with Gasteiger partial charge < -0.3 is 9.64 Å². The van der Waals surface area contributed by atoms with Gasteiger partial charge >= 0.3 is 5.97 Å². The van der Waals surface area contributed by atoms with Crippen LogP contribution in [0.4, 0.5) is 5.69 Å². The SMILES string of the molecule is C[C@H](OC(=O)[C@@H]1CC(=O)N(c2cccc(Cl)c2Cl)C1)C(=O)c1ccccc1. The summed E-state index contributed by atoms with van der Waals surface area (Å²) in [6.07, 6.45) is -0.938. The molecule has 0 N–H and O–H groups in total. The van der Waals surface area contributed by atoms with Crippen LogP contribution in [-0.2, 0) is 14.3 Å². The first kappa shape index (κ1) is 19.4. The zero-order valence-corrected chi connectivity index (χ0v) is 16.0. The van der Waals surface area contributed by atoms with Gasteiger partial charge in [0.25, 0.3) is 0 Å². The van der Waals surface area contributed by atoms with Crippen LogP contribution in [-0.4, -0.2) is 30.3 Å². The average Bonchev–Trinajstić information content (AvgIpc) is 3.05. The predicted octanol–water partition coefficient (Wildman–Crippen LogP) is 4.16. The van der Waals surface area contributed by atoms with E-state index in [1.54, 1.807) is 48.5 Å². The number of nitrogens with zero attached hydrogens (tertiary/aromatic N) is 1. The third kappa shape index (κ3) is 4.15. The van der Waals surface area contributed by atoms with E-state index in [0.29, 0.717) is 16.3 Å². The molecule has 7 heteroatoms. The van der Waals surface area contributed by atoms with E-state index in [2.05, 4.69) is 0 Å². The molecule has 1 aliphatic heterocycles. The zero-order chi connectivity index (χ0) is 19.6. The standard InChI is InChI=1S/C20H17Cl2NO4/c1-12(19(25)13-6-3-2-4-7-13)27-20(26)14-10-17(24)23(11-14)16-9-5-8-15(21)18(16)22/h2-9,12,14H,10-11H2,1H3/t12-,14+/m0/s1. The Kier molecular flexibility index (Phi) is 5.82. The van der Waals surface area contributed by atoms with E-state index in [-0.39, 0.29) is 29.7 Å². The number of ketones is 1. The molecule has 2 aromatic carbocycles. The van der Waals surface area contributed by atoms with Gasteiger partial charge in [0.1, 0.15) is 0 Å². The zero-order valence-electron chi connectivity index (χ0n) is 14.5. The number of carbonyl (C=O) groups is 3. The van der Waals surface area contributed by atoms with Gasteiger partial charge in [0, 0.05) is 18.5 Å². The van der Waals surface area contributed by atoms with Crippen molar-refractivity contribution in [2.24, 2.45) is 5.92 Å². The lowest BCUT2D eigenvalue weighted by molar-refractivity contribution is -0.151. The summed E-state index contributed by atoms with van der Waals surface area (Å²) in [5, 5.41) is 0.587. The Labute approximate surface area is 166 Å². The fraction of sp³-hybridized carbons (Fsp3) is 0.250. The highest BCUT2D eigenvalue weighted by atomic mass is 35.5. The van der Waals surface area contributed by atoms with Crippen molar-refractivity contribution in [3.05, 3.63) is 64.1 Å². The molecule has 0 unspecified atom stereocenters. The maximum atomic E-state index is 12.5. The highest BCUT2D eigenvalue weighted by molar-refractivity contribution is 6.44. The smallest absolute Gasteiger partial charge is 0.312 e. The Morgan fingerprint density at radius 3 is 2.52 bits per heavy atom. The third-order valence-electron chi connectivity index (χ3n) is 4.40. The molecule has 0 aliphatic carbocycles. The Morgan fingerprint density at radius 1 is 1.11 bits per heavy atom. The predicted molar refractivity (Wildman–Crippen MR) is 103 cm³/mol.